The van der Waals surface area contributed by atoms with Crippen LogP contribution in [0, 0.1) is 0 Å². The van der Waals surface area contributed by atoms with Crippen LogP contribution in [0.25, 0.3) is 0 Å². The molecule has 0 saturated carbocycles. The van der Waals surface area contributed by atoms with Crippen molar-refractivity contribution in [3.63, 3.8) is 0 Å². The molecule has 6 nitrogen and oxygen atoms in total. The van der Waals surface area contributed by atoms with Gasteiger partial charge in [-0.1, -0.05) is 0 Å². The molecule has 24 heavy (non-hydrogen) atoms. The van der Waals surface area contributed by atoms with E-state index in [1.54, 1.807) is 6.20 Å². The van der Waals surface area contributed by atoms with Gasteiger partial charge in [-0.25, -0.2) is 9.78 Å². The molecule has 2 N–H and O–H groups in total. The van der Waals surface area contributed by atoms with Crippen LogP contribution < -0.4 is 15.5 Å². The number of rotatable bonds is 4. The zero-order valence-electron chi connectivity index (χ0n) is 13.9. The lowest BCUT2D eigenvalue weighted by atomic mass is 10.2. The van der Waals surface area contributed by atoms with Crippen LogP contribution in [-0.4, -0.2) is 36.8 Å². The van der Waals surface area contributed by atoms with Gasteiger partial charge < -0.3 is 20.3 Å². The third-order valence-electron chi connectivity index (χ3n) is 3.90. The van der Waals surface area contributed by atoms with Crippen LogP contribution in [0.3, 0.4) is 0 Å². The molecule has 3 rings (SSSR count). The Hall–Kier alpha value is -2.12. The van der Waals surface area contributed by atoms with Crippen molar-refractivity contribution >= 4 is 28.7 Å². The summed E-state index contributed by atoms with van der Waals surface area (Å²) in [4.78, 5) is 18.6. The molecule has 0 bridgehead atoms. The van der Waals surface area contributed by atoms with Gasteiger partial charge in [-0.05, 0) is 38.1 Å². The van der Waals surface area contributed by atoms with E-state index in [9.17, 15) is 4.79 Å². The van der Waals surface area contributed by atoms with E-state index >= 15 is 0 Å². The summed E-state index contributed by atoms with van der Waals surface area (Å²) < 4.78 is 5.56. The summed E-state index contributed by atoms with van der Waals surface area (Å²) in [5.41, 5.74) is 1.91. The summed E-state index contributed by atoms with van der Waals surface area (Å²) in [6, 6.07) is 7.55. The third-order valence-corrected chi connectivity index (χ3v) is 4.86. The molecular formula is C17H22N4O2S. The number of hydrogen-bond donors (Lipinski definition) is 2. The van der Waals surface area contributed by atoms with E-state index in [2.05, 4.69) is 27.4 Å². The zero-order chi connectivity index (χ0) is 16.9. The fourth-order valence-electron chi connectivity index (χ4n) is 2.68. The molecule has 1 fully saturated rings. The first-order valence-corrected chi connectivity index (χ1v) is 8.93. The molecule has 1 aromatic heterocycles. The predicted molar refractivity (Wildman–Crippen MR) is 96.8 cm³/mol. The van der Waals surface area contributed by atoms with Gasteiger partial charge in [-0.15, -0.1) is 11.3 Å². The number of nitrogens with one attached hydrogen (secondary N) is 2. The van der Waals surface area contributed by atoms with Crippen molar-refractivity contribution in [1.29, 1.82) is 0 Å². The Kier molecular flexibility index (Phi) is 5.32. The van der Waals surface area contributed by atoms with Crippen molar-refractivity contribution in [2.45, 2.75) is 26.0 Å². The summed E-state index contributed by atoms with van der Waals surface area (Å²) in [5, 5.41) is 8.53. The van der Waals surface area contributed by atoms with E-state index in [1.165, 1.54) is 11.3 Å². The topological polar surface area (TPSA) is 66.5 Å². The Morgan fingerprint density at radius 1 is 1.42 bits per heavy atom. The minimum Gasteiger partial charge on any atom is -0.375 e. The second-order valence-corrected chi connectivity index (χ2v) is 6.79. The number of anilines is 2. The molecule has 2 atom stereocenters. The number of morpholine rings is 1. The van der Waals surface area contributed by atoms with Crippen molar-refractivity contribution in [2.24, 2.45) is 0 Å². The first kappa shape index (κ1) is 16.7. The highest BCUT2D eigenvalue weighted by molar-refractivity contribution is 7.09. The molecule has 0 unspecified atom stereocenters. The Morgan fingerprint density at radius 3 is 2.88 bits per heavy atom. The minimum absolute atomic E-state index is 0.112. The van der Waals surface area contributed by atoms with E-state index < -0.39 is 0 Å². The Balaban J connectivity index is 1.54. The molecule has 0 aliphatic carbocycles. The first-order chi connectivity index (χ1) is 11.6. The van der Waals surface area contributed by atoms with Crippen molar-refractivity contribution < 1.29 is 9.53 Å². The molecule has 128 valence electrons. The first-order valence-electron chi connectivity index (χ1n) is 8.05. The molecule has 1 aliphatic rings. The second-order valence-electron chi connectivity index (χ2n) is 5.86. The van der Waals surface area contributed by atoms with Gasteiger partial charge in [0.15, 0.2) is 0 Å². The SMILES string of the molecule is C[C@H]1CN(c2ccc(NC(=O)N[C@H](C)c3nccs3)cc2)CCO1. The van der Waals surface area contributed by atoms with E-state index in [0.29, 0.717) is 0 Å². The quantitative estimate of drug-likeness (QED) is 0.892. The van der Waals surface area contributed by atoms with E-state index in [0.717, 1.165) is 36.1 Å². The molecule has 1 aliphatic heterocycles. The van der Waals surface area contributed by atoms with Gasteiger partial charge >= 0.3 is 6.03 Å². The van der Waals surface area contributed by atoms with Crippen molar-refractivity contribution in [1.82, 2.24) is 10.3 Å². The summed E-state index contributed by atoms with van der Waals surface area (Å²) in [5.74, 6) is 0. The summed E-state index contributed by atoms with van der Waals surface area (Å²) in [7, 11) is 0. The maximum absolute atomic E-state index is 12.1. The normalized spacial score (nSPS) is 18.9. The highest BCUT2D eigenvalue weighted by Gasteiger charge is 2.17. The number of amides is 2. The minimum atomic E-state index is -0.231. The fourth-order valence-corrected chi connectivity index (χ4v) is 3.33. The lowest BCUT2D eigenvalue weighted by Crippen LogP contribution is -2.41. The summed E-state index contributed by atoms with van der Waals surface area (Å²) in [6.45, 7) is 6.52. The van der Waals surface area contributed by atoms with Gasteiger partial charge in [0.25, 0.3) is 0 Å². The van der Waals surface area contributed by atoms with Crippen LogP contribution in [0.1, 0.15) is 24.9 Å². The smallest absolute Gasteiger partial charge is 0.319 e. The number of nitrogens with zero attached hydrogens (tertiary/aromatic N) is 2. The number of carbonyl (C=O) groups excluding carboxylic acids is 1. The summed E-state index contributed by atoms with van der Waals surface area (Å²) >= 11 is 1.53. The van der Waals surface area contributed by atoms with Gasteiger partial charge in [0, 0.05) is 36.0 Å². The molecule has 0 radical (unpaired) electrons. The molecule has 2 amide bonds. The van der Waals surface area contributed by atoms with E-state index in [1.807, 2.05) is 36.6 Å². The van der Waals surface area contributed by atoms with Crippen molar-refractivity contribution in [3.05, 3.63) is 40.8 Å². The van der Waals surface area contributed by atoms with Crippen LogP contribution in [0.5, 0.6) is 0 Å². The summed E-state index contributed by atoms with van der Waals surface area (Å²) in [6.07, 6.45) is 1.98. The van der Waals surface area contributed by atoms with Gasteiger partial charge in [0.1, 0.15) is 5.01 Å². The van der Waals surface area contributed by atoms with Gasteiger partial charge in [-0.2, -0.15) is 0 Å². The van der Waals surface area contributed by atoms with Gasteiger partial charge in [-0.3, -0.25) is 0 Å². The fraction of sp³-hybridized carbons (Fsp3) is 0.412. The van der Waals surface area contributed by atoms with Crippen LogP contribution in [0.2, 0.25) is 0 Å². The van der Waals surface area contributed by atoms with E-state index in [4.69, 9.17) is 4.74 Å². The Morgan fingerprint density at radius 2 is 2.21 bits per heavy atom. The van der Waals surface area contributed by atoms with Crippen LogP contribution >= 0.6 is 11.3 Å². The number of benzene rings is 1. The monoisotopic (exact) mass is 346 g/mol. The standard InChI is InChI=1S/C17H22N4O2S/c1-12-11-21(8-9-23-12)15-5-3-14(4-6-15)20-17(22)19-13(2)16-18-7-10-24-16/h3-7,10,12-13H,8-9,11H2,1-2H3,(H2,19,20,22)/t12-,13+/m0/s1. The zero-order valence-corrected chi connectivity index (χ0v) is 14.7. The van der Waals surface area contributed by atoms with Crippen molar-refractivity contribution in [3.8, 4) is 0 Å². The van der Waals surface area contributed by atoms with E-state index in [-0.39, 0.29) is 18.2 Å². The van der Waals surface area contributed by atoms with Crippen LogP contribution in [0.15, 0.2) is 35.8 Å². The largest absolute Gasteiger partial charge is 0.375 e. The third kappa shape index (κ3) is 4.24. The van der Waals surface area contributed by atoms with Gasteiger partial charge in [0.2, 0.25) is 0 Å². The van der Waals surface area contributed by atoms with Crippen LogP contribution in [0.4, 0.5) is 16.2 Å². The van der Waals surface area contributed by atoms with Crippen molar-refractivity contribution in [2.75, 3.05) is 29.9 Å². The molecular weight excluding hydrogens is 324 g/mol. The number of thiazole rings is 1. The maximum atomic E-state index is 12.1. The van der Waals surface area contributed by atoms with Gasteiger partial charge in [0.05, 0.1) is 18.8 Å². The maximum Gasteiger partial charge on any atom is 0.319 e. The second kappa shape index (κ2) is 7.63. The molecule has 2 aromatic rings. The molecule has 1 saturated heterocycles. The number of ether oxygens (including phenoxy) is 1. The molecule has 0 spiro atoms. The molecule has 2 heterocycles. The number of urea groups is 1. The Labute approximate surface area is 145 Å². The number of hydrogen-bond acceptors (Lipinski definition) is 5. The predicted octanol–water partition coefficient (Wildman–Crippen LogP) is 3.25. The highest BCUT2D eigenvalue weighted by atomic mass is 32.1. The molecule has 1 aromatic carbocycles. The van der Waals surface area contributed by atoms with Crippen LogP contribution in [-0.2, 0) is 4.74 Å². The lowest BCUT2D eigenvalue weighted by Gasteiger charge is -2.33. The number of aromatic nitrogens is 1. The average molecular weight is 346 g/mol. The lowest BCUT2D eigenvalue weighted by molar-refractivity contribution is 0.0532. The molecule has 7 heteroatoms. The Bertz CT molecular complexity index is 660. The average Bonchev–Trinajstić information content (AvgIpc) is 3.10. The highest BCUT2D eigenvalue weighted by Crippen LogP contribution is 2.21. The number of carbonyl (C=O) groups is 1.